The summed E-state index contributed by atoms with van der Waals surface area (Å²) in [5.74, 6) is 0. The highest BCUT2D eigenvalue weighted by atomic mass is 32.1. The highest BCUT2D eigenvalue weighted by molar-refractivity contribution is 7.22. The molecule has 1 fully saturated rings. The fraction of sp³-hybridized carbons (Fsp3) is 0.421. The van der Waals surface area contributed by atoms with E-state index in [2.05, 4.69) is 57.8 Å². The van der Waals surface area contributed by atoms with E-state index in [-0.39, 0.29) is 0 Å². The molecule has 4 rings (SSSR count). The first-order valence-corrected chi connectivity index (χ1v) is 9.63. The number of rotatable bonds is 4. The van der Waals surface area contributed by atoms with Crippen molar-refractivity contribution in [1.29, 1.82) is 0 Å². The third-order valence-electron chi connectivity index (χ3n) is 4.75. The molecule has 0 bridgehead atoms. The summed E-state index contributed by atoms with van der Waals surface area (Å²) >= 11 is 1.68. The van der Waals surface area contributed by atoms with Gasteiger partial charge in [0.05, 0.1) is 10.4 Å². The maximum absolute atomic E-state index is 4.60. The first-order chi connectivity index (χ1) is 11.8. The Bertz CT molecular complexity index is 819. The zero-order valence-electron chi connectivity index (χ0n) is 14.0. The van der Waals surface area contributed by atoms with Gasteiger partial charge in [0, 0.05) is 11.6 Å². The van der Waals surface area contributed by atoms with E-state index in [9.17, 15) is 0 Å². The molecule has 0 aliphatic heterocycles. The molecule has 24 heavy (non-hydrogen) atoms. The number of fused-ring (bicyclic) bond motifs is 1. The minimum atomic E-state index is 0.563. The van der Waals surface area contributed by atoms with Crippen LogP contribution in [0.3, 0.4) is 0 Å². The summed E-state index contributed by atoms with van der Waals surface area (Å²) in [7, 11) is 0. The van der Waals surface area contributed by atoms with E-state index in [1.54, 1.807) is 11.3 Å². The van der Waals surface area contributed by atoms with Gasteiger partial charge in [-0.1, -0.05) is 61.8 Å². The van der Waals surface area contributed by atoms with Crippen LogP contribution in [0.2, 0.25) is 0 Å². The molecule has 5 heteroatoms. The van der Waals surface area contributed by atoms with Crippen LogP contribution in [0, 0.1) is 0 Å². The molecule has 4 nitrogen and oxygen atoms in total. The van der Waals surface area contributed by atoms with Crippen molar-refractivity contribution in [1.82, 2.24) is 15.2 Å². The first-order valence-electron chi connectivity index (χ1n) is 8.82. The van der Waals surface area contributed by atoms with Crippen LogP contribution in [0.5, 0.6) is 0 Å². The second-order valence-electron chi connectivity index (χ2n) is 6.47. The summed E-state index contributed by atoms with van der Waals surface area (Å²) in [5, 5.41) is 13.2. The van der Waals surface area contributed by atoms with Crippen molar-refractivity contribution < 1.29 is 0 Å². The molecule has 0 radical (unpaired) electrons. The van der Waals surface area contributed by atoms with Gasteiger partial charge in [0.15, 0.2) is 10.8 Å². The van der Waals surface area contributed by atoms with Gasteiger partial charge in [-0.3, -0.25) is 0 Å². The molecule has 0 unspecified atom stereocenters. The van der Waals surface area contributed by atoms with Crippen LogP contribution in [-0.2, 0) is 6.42 Å². The second kappa shape index (κ2) is 6.85. The van der Waals surface area contributed by atoms with Gasteiger partial charge in [0.1, 0.15) is 0 Å². The molecular weight excluding hydrogens is 316 g/mol. The molecule has 3 aromatic rings. The fourth-order valence-electron chi connectivity index (χ4n) is 3.28. The van der Waals surface area contributed by atoms with Gasteiger partial charge in [-0.15, -0.1) is 10.2 Å². The summed E-state index contributed by atoms with van der Waals surface area (Å²) in [6.07, 6.45) is 7.55. The Morgan fingerprint density at radius 1 is 1.08 bits per heavy atom. The Morgan fingerprint density at radius 3 is 2.62 bits per heavy atom. The highest BCUT2D eigenvalue weighted by Crippen LogP contribution is 2.30. The monoisotopic (exact) mass is 338 g/mol. The molecule has 2 heterocycles. The molecule has 1 aliphatic carbocycles. The zero-order chi connectivity index (χ0) is 16.4. The molecule has 0 spiro atoms. The van der Waals surface area contributed by atoms with Crippen LogP contribution in [0.15, 0.2) is 30.3 Å². The molecule has 0 atom stereocenters. The lowest BCUT2D eigenvalue weighted by Gasteiger charge is -2.22. The number of nitrogens with zero attached hydrogens (tertiary/aromatic N) is 3. The molecule has 0 amide bonds. The quantitative estimate of drug-likeness (QED) is 0.722. The number of thiazole rings is 1. The molecular formula is C19H22N4S. The summed E-state index contributed by atoms with van der Waals surface area (Å²) < 4.78 is 1.10. The van der Waals surface area contributed by atoms with E-state index in [0.717, 1.165) is 33.2 Å². The number of aryl methyl sites for hydroxylation is 1. The highest BCUT2D eigenvalue weighted by Gasteiger charge is 2.15. The Morgan fingerprint density at radius 2 is 1.88 bits per heavy atom. The van der Waals surface area contributed by atoms with Crippen LogP contribution in [-0.4, -0.2) is 21.2 Å². The number of benzene rings is 1. The van der Waals surface area contributed by atoms with Crippen LogP contribution in [0.4, 0.5) is 5.13 Å². The van der Waals surface area contributed by atoms with Crippen LogP contribution in [0.25, 0.3) is 21.6 Å². The normalized spacial score (nSPS) is 15.7. The van der Waals surface area contributed by atoms with E-state index in [1.807, 2.05) is 0 Å². The number of anilines is 1. The van der Waals surface area contributed by atoms with Crippen LogP contribution in [0.1, 0.15) is 44.6 Å². The third-order valence-corrected chi connectivity index (χ3v) is 5.67. The summed E-state index contributed by atoms with van der Waals surface area (Å²) in [6.45, 7) is 2.17. The first kappa shape index (κ1) is 15.5. The lowest BCUT2D eigenvalue weighted by molar-refractivity contribution is 0.462. The zero-order valence-corrected chi connectivity index (χ0v) is 14.8. The number of hydrogen-bond acceptors (Lipinski definition) is 5. The SMILES string of the molecule is CCc1ccc(-c2cc3sc(NC4CCCCC4)nc3nn2)cc1. The smallest absolute Gasteiger partial charge is 0.194 e. The van der Waals surface area contributed by atoms with Crippen molar-refractivity contribution in [3.8, 4) is 11.3 Å². The lowest BCUT2D eigenvalue weighted by atomic mass is 9.96. The van der Waals surface area contributed by atoms with Crippen molar-refractivity contribution >= 4 is 26.8 Å². The summed E-state index contributed by atoms with van der Waals surface area (Å²) in [5.41, 5.74) is 4.10. The number of hydrogen-bond donors (Lipinski definition) is 1. The van der Waals surface area contributed by atoms with Gasteiger partial charge in [0.2, 0.25) is 0 Å². The van der Waals surface area contributed by atoms with Gasteiger partial charge in [-0.2, -0.15) is 4.98 Å². The maximum Gasteiger partial charge on any atom is 0.194 e. The van der Waals surface area contributed by atoms with Gasteiger partial charge in [0.25, 0.3) is 0 Å². The molecule has 1 aromatic carbocycles. The van der Waals surface area contributed by atoms with Crippen LogP contribution < -0.4 is 5.32 Å². The molecule has 124 valence electrons. The van der Waals surface area contributed by atoms with Crippen molar-refractivity contribution in [2.24, 2.45) is 0 Å². The van der Waals surface area contributed by atoms with Gasteiger partial charge in [-0.25, -0.2) is 0 Å². The predicted molar refractivity (Wildman–Crippen MR) is 101 cm³/mol. The predicted octanol–water partition coefficient (Wildman–Crippen LogP) is 5.06. The van der Waals surface area contributed by atoms with Crippen LogP contribution >= 0.6 is 11.3 Å². The topological polar surface area (TPSA) is 50.7 Å². The lowest BCUT2D eigenvalue weighted by Crippen LogP contribution is -2.21. The standard InChI is InChI=1S/C19H22N4S/c1-2-13-8-10-14(11-9-13)16-12-17-18(23-22-16)21-19(24-17)20-15-6-4-3-5-7-15/h8-12,15H,2-7H2,1H3,(H,20,21,23). The Kier molecular flexibility index (Phi) is 4.43. The molecule has 1 aliphatic rings. The Labute approximate surface area is 146 Å². The number of aromatic nitrogens is 3. The van der Waals surface area contributed by atoms with Gasteiger partial charge in [-0.05, 0) is 30.9 Å². The largest absolute Gasteiger partial charge is 0.359 e. The van der Waals surface area contributed by atoms with Crippen molar-refractivity contribution in [2.75, 3.05) is 5.32 Å². The van der Waals surface area contributed by atoms with E-state index >= 15 is 0 Å². The Hall–Kier alpha value is -2.01. The summed E-state index contributed by atoms with van der Waals surface area (Å²) in [6, 6.07) is 11.2. The van der Waals surface area contributed by atoms with Gasteiger partial charge >= 0.3 is 0 Å². The average molecular weight is 338 g/mol. The second-order valence-corrected chi connectivity index (χ2v) is 7.50. The molecule has 0 saturated heterocycles. The van der Waals surface area contributed by atoms with E-state index in [4.69, 9.17) is 0 Å². The average Bonchev–Trinajstić information content (AvgIpc) is 3.04. The minimum Gasteiger partial charge on any atom is -0.359 e. The van der Waals surface area contributed by atoms with Crippen molar-refractivity contribution in [3.05, 3.63) is 35.9 Å². The minimum absolute atomic E-state index is 0.563. The fourth-order valence-corrected chi connectivity index (χ4v) is 4.19. The van der Waals surface area contributed by atoms with Crippen molar-refractivity contribution in [2.45, 2.75) is 51.5 Å². The molecule has 1 saturated carbocycles. The number of nitrogens with one attached hydrogen (secondary N) is 1. The van der Waals surface area contributed by atoms with E-state index < -0.39 is 0 Å². The third kappa shape index (κ3) is 3.26. The summed E-state index contributed by atoms with van der Waals surface area (Å²) in [4.78, 5) is 4.60. The Balaban J connectivity index is 1.58. The molecule has 1 N–H and O–H groups in total. The van der Waals surface area contributed by atoms with E-state index in [1.165, 1.54) is 37.7 Å². The van der Waals surface area contributed by atoms with Crippen molar-refractivity contribution in [3.63, 3.8) is 0 Å². The van der Waals surface area contributed by atoms with E-state index in [0.29, 0.717) is 6.04 Å². The molecule has 2 aromatic heterocycles. The maximum atomic E-state index is 4.60. The van der Waals surface area contributed by atoms with Gasteiger partial charge < -0.3 is 5.32 Å².